The van der Waals surface area contributed by atoms with Crippen molar-refractivity contribution >= 4 is 51.0 Å². The van der Waals surface area contributed by atoms with Gasteiger partial charge in [-0.2, -0.15) is 5.10 Å². The largest absolute Gasteiger partial charge is 0.494 e. The van der Waals surface area contributed by atoms with Gasteiger partial charge in [-0.15, -0.1) is 0 Å². The number of benzene rings is 3. The molecule has 4 rings (SSSR count). The first kappa shape index (κ1) is 30.2. The molecule has 0 aliphatic carbocycles. The Balaban J connectivity index is 1.55. The highest BCUT2D eigenvalue weighted by atomic mass is 35.5. The van der Waals surface area contributed by atoms with Gasteiger partial charge in [0, 0.05) is 22.0 Å². The Hall–Kier alpha value is -3.79. The lowest BCUT2D eigenvalue weighted by molar-refractivity contribution is -0.119. The standard InChI is InChI=1S/C30H30Cl2N4O4S/c1-5-40-26-11-13-27(14-12-26)41(38,39)35(25-9-6-20(2)7-10-25)19-30(37)34-33-18-23-16-21(3)36(22(23)4)29-15-8-24(31)17-28(29)32/h6-18H,5,19H2,1-4H3,(H,34,37)/b33-18+. The lowest BCUT2D eigenvalue weighted by Gasteiger charge is -2.24. The van der Waals surface area contributed by atoms with E-state index in [4.69, 9.17) is 27.9 Å². The third-order valence-electron chi connectivity index (χ3n) is 6.35. The summed E-state index contributed by atoms with van der Waals surface area (Å²) in [5.74, 6) is -0.0518. The third kappa shape index (κ3) is 6.93. The number of nitrogens with one attached hydrogen (secondary N) is 1. The monoisotopic (exact) mass is 612 g/mol. The van der Waals surface area contributed by atoms with Crippen LogP contribution in [0.25, 0.3) is 5.69 Å². The summed E-state index contributed by atoms with van der Waals surface area (Å²) in [7, 11) is -4.08. The second kappa shape index (κ2) is 12.8. The molecule has 1 N–H and O–H groups in total. The van der Waals surface area contributed by atoms with Crippen molar-refractivity contribution in [3.8, 4) is 11.4 Å². The second-order valence-electron chi connectivity index (χ2n) is 9.30. The van der Waals surface area contributed by atoms with Crippen LogP contribution in [0.2, 0.25) is 10.0 Å². The van der Waals surface area contributed by atoms with Gasteiger partial charge < -0.3 is 9.30 Å². The Labute approximate surface area is 250 Å². The summed E-state index contributed by atoms with van der Waals surface area (Å²) in [4.78, 5) is 13.0. The Morgan fingerprint density at radius 1 is 1.00 bits per heavy atom. The van der Waals surface area contributed by atoms with E-state index >= 15 is 0 Å². The fraction of sp³-hybridized carbons (Fsp3) is 0.200. The molecule has 0 aliphatic heterocycles. The maximum Gasteiger partial charge on any atom is 0.264 e. The number of carbonyl (C=O) groups is 1. The highest BCUT2D eigenvalue weighted by Gasteiger charge is 2.27. The number of hydrogen-bond acceptors (Lipinski definition) is 5. The van der Waals surface area contributed by atoms with Gasteiger partial charge in [0.05, 0.1) is 34.1 Å². The molecule has 0 atom stereocenters. The molecule has 41 heavy (non-hydrogen) atoms. The Kier molecular flexibility index (Phi) is 9.42. The van der Waals surface area contributed by atoms with Crippen molar-refractivity contribution in [3.63, 3.8) is 0 Å². The summed E-state index contributed by atoms with van der Waals surface area (Å²) in [5, 5.41) is 5.14. The van der Waals surface area contributed by atoms with Gasteiger partial charge in [-0.3, -0.25) is 9.10 Å². The molecule has 4 aromatic rings. The SMILES string of the molecule is CCOc1ccc(S(=O)(=O)N(CC(=O)N/N=C/c2cc(C)n(-c3ccc(Cl)cc3Cl)c2C)c2ccc(C)cc2)cc1. The minimum absolute atomic E-state index is 0.0335. The number of ether oxygens (including phenoxy) is 1. The first-order valence-corrected chi connectivity index (χ1v) is 15.0. The van der Waals surface area contributed by atoms with E-state index < -0.39 is 22.5 Å². The van der Waals surface area contributed by atoms with Crippen LogP contribution in [0.15, 0.2) is 82.8 Å². The number of hydrogen-bond donors (Lipinski definition) is 1. The number of aromatic nitrogens is 1. The highest BCUT2D eigenvalue weighted by Crippen LogP contribution is 2.29. The third-order valence-corrected chi connectivity index (χ3v) is 8.67. The van der Waals surface area contributed by atoms with Gasteiger partial charge >= 0.3 is 0 Å². The van der Waals surface area contributed by atoms with Crippen LogP contribution in [0, 0.1) is 20.8 Å². The molecule has 0 spiro atoms. The maximum atomic E-state index is 13.6. The maximum absolute atomic E-state index is 13.6. The lowest BCUT2D eigenvalue weighted by Crippen LogP contribution is -2.39. The number of amides is 1. The molecule has 8 nitrogen and oxygen atoms in total. The molecule has 214 valence electrons. The summed E-state index contributed by atoms with van der Waals surface area (Å²) in [6, 6.07) is 20.2. The van der Waals surface area contributed by atoms with Crippen LogP contribution in [-0.2, 0) is 14.8 Å². The smallest absolute Gasteiger partial charge is 0.264 e. The first-order chi connectivity index (χ1) is 19.5. The fourth-order valence-electron chi connectivity index (χ4n) is 4.32. The minimum Gasteiger partial charge on any atom is -0.494 e. The van der Waals surface area contributed by atoms with E-state index in [-0.39, 0.29) is 4.90 Å². The Bertz CT molecular complexity index is 1680. The molecule has 1 amide bonds. The van der Waals surface area contributed by atoms with E-state index in [0.29, 0.717) is 28.1 Å². The van der Waals surface area contributed by atoms with E-state index in [0.717, 1.165) is 32.5 Å². The molecule has 0 saturated heterocycles. The van der Waals surface area contributed by atoms with Gasteiger partial charge in [0.2, 0.25) is 0 Å². The van der Waals surface area contributed by atoms with Crippen molar-refractivity contribution in [3.05, 3.63) is 105 Å². The van der Waals surface area contributed by atoms with Crippen molar-refractivity contribution in [1.29, 1.82) is 0 Å². The van der Waals surface area contributed by atoms with E-state index in [9.17, 15) is 13.2 Å². The molecule has 11 heteroatoms. The number of aryl methyl sites for hydroxylation is 2. The number of rotatable bonds is 10. The predicted molar refractivity (Wildman–Crippen MR) is 164 cm³/mol. The zero-order valence-corrected chi connectivity index (χ0v) is 25.4. The van der Waals surface area contributed by atoms with E-state index in [2.05, 4.69) is 10.5 Å². The molecule has 1 aromatic heterocycles. The van der Waals surface area contributed by atoms with Crippen molar-refractivity contribution in [2.24, 2.45) is 5.10 Å². The highest BCUT2D eigenvalue weighted by molar-refractivity contribution is 7.92. The number of carbonyl (C=O) groups excluding carboxylic acids is 1. The summed E-state index contributed by atoms with van der Waals surface area (Å²) in [6.45, 7) is 7.56. The molecule has 0 fully saturated rings. The topological polar surface area (TPSA) is 93.0 Å². The van der Waals surface area contributed by atoms with E-state index in [1.165, 1.54) is 18.3 Å². The average Bonchev–Trinajstić information content (AvgIpc) is 3.21. The number of hydrazone groups is 1. The van der Waals surface area contributed by atoms with E-state index in [1.54, 1.807) is 48.5 Å². The number of halogens is 2. The van der Waals surface area contributed by atoms with E-state index in [1.807, 2.05) is 44.4 Å². The van der Waals surface area contributed by atoms with Crippen molar-refractivity contribution in [2.45, 2.75) is 32.6 Å². The average molecular weight is 614 g/mol. The van der Waals surface area contributed by atoms with Gasteiger partial charge in [-0.1, -0.05) is 40.9 Å². The first-order valence-electron chi connectivity index (χ1n) is 12.8. The van der Waals surface area contributed by atoms with Gasteiger partial charge in [0.25, 0.3) is 15.9 Å². The van der Waals surface area contributed by atoms with Crippen molar-refractivity contribution < 1.29 is 17.9 Å². The minimum atomic E-state index is -4.08. The molecule has 0 unspecified atom stereocenters. The molecule has 0 bridgehead atoms. The molecule has 0 radical (unpaired) electrons. The van der Waals surface area contributed by atoms with Crippen LogP contribution in [-0.4, -0.2) is 38.3 Å². The van der Waals surface area contributed by atoms with Crippen LogP contribution in [0.3, 0.4) is 0 Å². The number of nitrogens with zero attached hydrogens (tertiary/aromatic N) is 3. The van der Waals surface area contributed by atoms with Crippen molar-refractivity contribution in [1.82, 2.24) is 9.99 Å². The van der Waals surface area contributed by atoms with Gasteiger partial charge in [0.1, 0.15) is 12.3 Å². The quantitative estimate of drug-likeness (QED) is 0.164. The molecule has 0 saturated carbocycles. The fourth-order valence-corrected chi connectivity index (χ4v) is 6.23. The Morgan fingerprint density at radius 3 is 2.32 bits per heavy atom. The summed E-state index contributed by atoms with van der Waals surface area (Å²) < 4.78 is 35.7. The van der Waals surface area contributed by atoms with Crippen LogP contribution < -0.4 is 14.5 Å². The van der Waals surface area contributed by atoms with Crippen molar-refractivity contribution in [2.75, 3.05) is 17.5 Å². The van der Waals surface area contributed by atoms with Gasteiger partial charge in [-0.25, -0.2) is 13.8 Å². The number of sulfonamides is 1. The second-order valence-corrected chi connectivity index (χ2v) is 12.0. The van der Waals surface area contributed by atoms with Crippen LogP contribution in [0.5, 0.6) is 5.75 Å². The van der Waals surface area contributed by atoms with Crippen LogP contribution in [0.4, 0.5) is 5.69 Å². The van der Waals surface area contributed by atoms with Gasteiger partial charge in [-0.05, 0) is 88.4 Å². The zero-order chi connectivity index (χ0) is 29.7. The molecule has 1 heterocycles. The van der Waals surface area contributed by atoms with Gasteiger partial charge in [0.15, 0.2) is 0 Å². The predicted octanol–water partition coefficient (Wildman–Crippen LogP) is 6.45. The summed E-state index contributed by atoms with van der Waals surface area (Å²) in [6.07, 6.45) is 1.51. The Morgan fingerprint density at radius 2 is 1.68 bits per heavy atom. The molecule has 0 aliphatic rings. The zero-order valence-electron chi connectivity index (χ0n) is 23.1. The molecular weight excluding hydrogens is 583 g/mol. The van der Waals surface area contributed by atoms with Crippen LogP contribution >= 0.6 is 23.2 Å². The molecular formula is C30H30Cl2N4O4S. The summed E-state index contributed by atoms with van der Waals surface area (Å²) in [5.41, 5.74) is 7.05. The molecule has 3 aromatic carbocycles. The normalized spacial score (nSPS) is 11.6. The van der Waals surface area contributed by atoms with Crippen LogP contribution in [0.1, 0.15) is 29.4 Å². The lowest BCUT2D eigenvalue weighted by atomic mass is 10.2. The number of anilines is 1. The summed E-state index contributed by atoms with van der Waals surface area (Å²) >= 11 is 12.5.